The first-order valence-corrected chi connectivity index (χ1v) is 7.60. The van der Waals surface area contributed by atoms with Crippen LogP contribution in [-0.2, 0) is 9.59 Å². The Balaban J connectivity index is 2.32. The normalized spacial score (nSPS) is 18.9. The minimum absolute atomic E-state index is 0.241. The maximum absolute atomic E-state index is 12.4. The highest BCUT2D eigenvalue weighted by Gasteiger charge is 2.41. The first kappa shape index (κ1) is 15.8. The summed E-state index contributed by atoms with van der Waals surface area (Å²) in [7, 11) is 0. The van der Waals surface area contributed by atoms with Crippen LogP contribution in [0, 0.1) is 12.8 Å². The van der Waals surface area contributed by atoms with Crippen LogP contribution in [0.15, 0.2) is 21.5 Å². The molecule has 0 unspecified atom stereocenters. The zero-order valence-corrected chi connectivity index (χ0v) is 13.5. The van der Waals surface area contributed by atoms with Crippen molar-refractivity contribution >= 4 is 46.3 Å². The van der Waals surface area contributed by atoms with Crippen LogP contribution in [0.25, 0.3) is 6.08 Å². The fourth-order valence-corrected chi connectivity index (χ4v) is 3.38. The molecular weight excluding hydrogens is 310 g/mol. The molecule has 1 aliphatic heterocycles. The molecular formula is C14H15NO4S2. The Bertz CT molecular complexity index is 633. The van der Waals surface area contributed by atoms with Crippen molar-refractivity contribution in [3.8, 4) is 0 Å². The van der Waals surface area contributed by atoms with E-state index >= 15 is 0 Å². The number of carboxylic acid groups (broad SMARTS) is 1. The number of carboxylic acids is 1. The number of amides is 1. The molecule has 0 radical (unpaired) electrons. The molecule has 2 heterocycles. The van der Waals surface area contributed by atoms with E-state index in [1.165, 1.54) is 4.90 Å². The van der Waals surface area contributed by atoms with Crippen molar-refractivity contribution in [1.82, 2.24) is 4.90 Å². The van der Waals surface area contributed by atoms with Gasteiger partial charge in [0, 0.05) is 6.08 Å². The van der Waals surface area contributed by atoms with Crippen LogP contribution in [0.1, 0.15) is 25.4 Å². The molecule has 1 aliphatic rings. The largest absolute Gasteiger partial charge is 0.480 e. The average Bonchev–Trinajstić information content (AvgIpc) is 2.88. The van der Waals surface area contributed by atoms with Crippen LogP contribution in [0.5, 0.6) is 0 Å². The Labute approximate surface area is 132 Å². The van der Waals surface area contributed by atoms with Gasteiger partial charge in [-0.25, -0.2) is 4.79 Å². The summed E-state index contributed by atoms with van der Waals surface area (Å²) >= 11 is 6.26. The van der Waals surface area contributed by atoms with E-state index in [9.17, 15) is 14.7 Å². The number of furan rings is 1. The quantitative estimate of drug-likeness (QED) is 0.678. The molecule has 0 aromatic carbocycles. The summed E-state index contributed by atoms with van der Waals surface area (Å²) in [6.07, 6.45) is 1.59. The lowest BCUT2D eigenvalue weighted by atomic mass is 10.0. The number of hydrogen-bond donors (Lipinski definition) is 1. The molecule has 1 atom stereocenters. The number of carbonyl (C=O) groups excluding carboxylic acids is 1. The second-order valence-electron chi connectivity index (χ2n) is 5.03. The number of thioether (sulfide) groups is 1. The molecule has 5 nitrogen and oxygen atoms in total. The SMILES string of the molecule is Cc1ccc(/C=C2/SC(=S)N([C@@H](C(=O)O)C(C)C)C2=O)o1. The molecule has 1 fully saturated rings. The third-order valence-corrected chi connectivity index (χ3v) is 4.35. The zero-order chi connectivity index (χ0) is 15.7. The van der Waals surface area contributed by atoms with Crippen LogP contribution < -0.4 is 0 Å². The summed E-state index contributed by atoms with van der Waals surface area (Å²) in [5.74, 6) is -0.404. The standard InChI is InChI=1S/C14H15NO4S2/c1-7(2)11(13(17)18)15-12(16)10(21-14(15)20)6-9-5-4-8(3)19-9/h4-7,11H,1-3H3,(H,17,18)/b10-6+/t11-/m1/s1. The highest BCUT2D eigenvalue weighted by molar-refractivity contribution is 8.26. The predicted molar refractivity (Wildman–Crippen MR) is 84.7 cm³/mol. The van der Waals surface area contributed by atoms with E-state index < -0.39 is 12.0 Å². The lowest BCUT2D eigenvalue weighted by molar-refractivity contribution is -0.146. The average molecular weight is 325 g/mol. The Hall–Kier alpha value is -1.60. The van der Waals surface area contributed by atoms with Gasteiger partial charge in [0.05, 0.1) is 4.91 Å². The minimum atomic E-state index is -1.06. The maximum atomic E-state index is 12.4. The first-order valence-electron chi connectivity index (χ1n) is 6.37. The van der Waals surface area contributed by atoms with Gasteiger partial charge in [-0.05, 0) is 25.0 Å². The van der Waals surface area contributed by atoms with Crippen molar-refractivity contribution in [1.29, 1.82) is 0 Å². The van der Waals surface area contributed by atoms with E-state index in [0.29, 0.717) is 10.7 Å². The highest BCUT2D eigenvalue weighted by Crippen LogP contribution is 2.35. The van der Waals surface area contributed by atoms with Crippen molar-refractivity contribution in [2.75, 3.05) is 0 Å². The molecule has 0 bridgehead atoms. The summed E-state index contributed by atoms with van der Waals surface area (Å²) in [6.45, 7) is 5.30. The topological polar surface area (TPSA) is 70.8 Å². The van der Waals surface area contributed by atoms with E-state index in [-0.39, 0.29) is 16.1 Å². The Morgan fingerprint density at radius 2 is 2.14 bits per heavy atom. The minimum Gasteiger partial charge on any atom is -0.480 e. The smallest absolute Gasteiger partial charge is 0.327 e. The maximum Gasteiger partial charge on any atom is 0.327 e. The van der Waals surface area contributed by atoms with Crippen molar-refractivity contribution in [3.63, 3.8) is 0 Å². The molecule has 1 aromatic rings. The van der Waals surface area contributed by atoms with Gasteiger partial charge in [0.25, 0.3) is 5.91 Å². The second-order valence-corrected chi connectivity index (χ2v) is 6.70. The van der Waals surface area contributed by atoms with Gasteiger partial charge >= 0.3 is 5.97 Å². The Kier molecular flexibility index (Phi) is 4.53. The molecule has 1 saturated heterocycles. The number of carbonyl (C=O) groups is 2. The molecule has 0 spiro atoms. The lowest BCUT2D eigenvalue weighted by Crippen LogP contribution is -2.47. The van der Waals surface area contributed by atoms with Gasteiger partial charge in [-0.3, -0.25) is 9.69 Å². The molecule has 112 valence electrons. The van der Waals surface area contributed by atoms with E-state index in [1.807, 2.05) is 6.92 Å². The van der Waals surface area contributed by atoms with Gasteiger partial charge in [-0.1, -0.05) is 37.8 Å². The summed E-state index contributed by atoms with van der Waals surface area (Å²) in [5, 5.41) is 9.32. The molecule has 2 rings (SSSR count). The van der Waals surface area contributed by atoms with Gasteiger partial charge in [0.2, 0.25) is 0 Å². The predicted octanol–water partition coefficient (Wildman–Crippen LogP) is 2.90. The number of thiocarbonyl (C=S) groups is 1. The first-order chi connectivity index (χ1) is 9.81. The summed E-state index contributed by atoms with van der Waals surface area (Å²) < 4.78 is 5.66. The van der Waals surface area contributed by atoms with Crippen LogP contribution in [0.3, 0.4) is 0 Å². The van der Waals surface area contributed by atoms with Gasteiger partial charge in [-0.2, -0.15) is 0 Å². The van der Waals surface area contributed by atoms with Crippen LogP contribution in [0.2, 0.25) is 0 Å². The third-order valence-electron chi connectivity index (χ3n) is 3.02. The van der Waals surface area contributed by atoms with E-state index in [4.69, 9.17) is 16.6 Å². The van der Waals surface area contributed by atoms with E-state index in [1.54, 1.807) is 32.1 Å². The molecule has 0 aliphatic carbocycles. The van der Waals surface area contributed by atoms with Crippen molar-refractivity contribution in [3.05, 3.63) is 28.6 Å². The van der Waals surface area contributed by atoms with Crippen LogP contribution in [0.4, 0.5) is 0 Å². The zero-order valence-electron chi connectivity index (χ0n) is 11.8. The van der Waals surface area contributed by atoms with Crippen molar-refractivity contribution < 1.29 is 19.1 Å². The monoisotopic (exact) mass is 325 g/mol. The van der Waals surface area contributed by atoms with Crippen LogP contribution in [-0.4, -0.2) is 32.2 Å². The summed E-state index contributed by atoms with van der Waals surface area (Å²) in [5.41, 5.74) is 0. The number of aryl methyl sites for hydroxylation is 1. The van der Waals surface area contributed by atoms with E-state index in [2.05, 4.69) is 0 Å². The van der Waals surface area contributed by atoms with Crippen molar-refractivity contribution in [2.24, 2.45) is 5.92 Å². The number of rotatable bonds is 4. The highest BCUT2D eigenvalue weighted by atomic mass is 32.2. The molecule has 1 N–H and O–H groups in total. The number of hydrogen-bond acceptors (Lipinski definition) is 5. The lowest BCUT2D eigenvalue weighted by Gasteiger charge is -2.26. The van der Waals surface area contributed by atoms with Gasteiger partial charge in [0.1, 0.15) is 21.9 Å². The van der Waals surface area contributed by atoms with Crippen molar-refractivity contribution in [2.45, 2.75) is 26.8 Å². The Morgan fingerprint density at radius 3 is 2.62 bits per heavy atom. The number of aliphatic carboxylic acids is 1. The molecule has 1 aromatic heterocycles. The molecule has 7 heteroatoms. The fourth-order valence-electron chi connectivity index (χ4n) is 2.07. The fraction of sp³-hybridized carbons (Fsp3) is 0.357. The summed E-state index contributed by atoms with van der Waals surface area (Å²) in [4.78, 5) is 25.4. The van der Waals surface area contributed by atoms with E-state index in [0.717, 1.165) is 17.5 Å². The van der Waals surface area contributed by atoms with Gasteiger partial charge < -0.3 is 9.52 Å². The second kappa shape index (κ2) is 6.03. The number of nitrogens with zero attached hydrogens (tertiary/aromatic N) is 1. The molecule has 0 saturated carbocycles. The summed E-state index contributed by atoms with van der Waals surface area (Å²) in [6, 6.07) is 2.58. The van der Waals surface area contributed by atoms with Gasteiger partial charge in [0.15, 0.2) is 0 Å². The molecule has 21 heavy (non-hydrogen) atoms. The van der Waals surface area contributed by atoms with Gasteiger partial charge in [-0.15, -0.1) is 0 Å². The third kappa shape index (κ3) is 3.19. The van der Waals surface area contributed by atoms with Crippen LogP contribution >= 0.6 is 24.0 Å². The Morgan fingerprint density at radius 1 is 1.48 bits per heavy atom. The molecule has 1 amide bonds.